The number of para-hydroxylation sites is 2. The molecular weight excluding hydrogens is 685 g/mol. The number of hydrogen-bond donors (Lipinski definition) is 0. The molecule has 0 saturated heterocycles. The molecule has 8 aromatic carbocycles. The van der Waals surface area contributed by atoms with E-state index in [0.29, 0.717) is 5.82 Å². The second kappa shape index (κ2) is 13.1. The first-order valence-electron chi connectivity index (χ1n) is 18.8. The molecule has 0 amide bonds. The second-order valence-corrected chi connectivity index (χ2v) is 14.1. The number of hydrogen-bond acceptors (Lipinski definition) is 4. The van der Waals surface area contributed by atoms with E-state index in [1.807, 2.05) is 48.5 Å². The molecule has 0 N–H and O–H groups in total. The zero-order chi connectivity index (χ0) is 37.0. The Labute approximate surface area is 323 Å². The minimum atomic E-state index is 0.680. The Kier molecular flexibility index (Phi) is 7.46. The third-order valence-corrected chi connectivity index (χ3v) is 10.7. The van der Waals surface area contributed by atoms with Crippen molar-refractivity contribution in [1.29, 1.82) is 0 Å². The molecule has 0 fully saturated rings. The van der Waals surface area contributed by atoms with Crippen LogP contribution in [-0.2, 0) is 0 Å². The molecule has 56 heavy (non-hydrogen) atoms. The van der Waals surface area contributed by atoms with Crippen molar-refractivity contribution in [2.24, 2.45) is 0 Å². The van der Waals surface area contributed by atoms with E-state index >= 15 is 0 Å². The molecule has 262 valence electrons. The SMILES string of the molecule is c1ccc(-c2cc(-c3cc(-c4ccc5oc6ccccc6c5c4)cc(-c4ccccc4-c4cccc5oc6ccccc6c45)c3)nc(-c3ccccc3)n2)cc1. The van der Waals surface area contributed by atoms with Gasteiger partial charge >= 0.3 is 0 Å². The van der Waals surface area contributed by atoms with Crippen LogP contribution in [0.2, 0.25) is 0 Å². The number of rotatable bonds is 6. The Balaban J connectivity index is 1.17. The molecule has 4 nitrogen and oxygen atoms in total. The number of furan rings is 2. The highest BCUT2D eigenvalue weighted by molar-refractivity contribution is 6.14. The highest BCUT2D eigenvalue weighted by Gasteiger charge is 2.19. The summed E-state index contributed by atoms with van der Waals surface area (Å²) in [6.07, 6.45) is 0. The van der Waals surface area contributed by atoms with Crippen molar-refractivity contribution in [1.82, 2.24) is 9.97 Å². The molecule has 4 heteroatoms. The molecule has 0 aliphatic heterocycles. The van der Waals surface area contributed by atoms with Crippen LogP contribution in [0.4, 0.5) is 0 Å². The van der Waals surface area contributed by atoms with Crippen LogP contribution in [0.15, 0.2) is 203 Å². The zero-order valence-corrected chi connectivity index (χ0v) is 30.2. The van der Waals surface area contributed by atoms with Crippen molar-refractivity contribution in [3.05, 3.63) is 194 Å². The van der Waals surface area contributed by atoms with Crippen molar-refractivity contribution in [3.63, 3.8) is 0 Å². The van der Waals surface area contributed by atoms with Crippen LogP contribution >= 0.6 is 0 Å². The van der Waals surface area contributed by atoms with Crippen molar-refractivity contribution in [3.8, 4) is 67.3 Å². The summed E-state index contributed by atoms with van der Waals surface area (Å²) in [5.41, 5.74) is 14.8. The molecule has 0 bridgehead atoms. The lowest BCUT2D eigenvalue weighted by Gasteiger charge is -2.16. The van der Waals surface area contributed by atoms with Crippen LogP contribution in [0.1, 0.15) is 0 Å². The summed E-state index contributed by atoms with van der Waals surface area (Å²) in [7, 11) is 0. The predicted molar refractivity (Wildman–Crippen MR) is 229 cm³/mol. The van der Waals surface area contributed by atoms with Crippen LogP contribution in [0.25, 0.3) is 111 Å². The van der Waals surface area contributed by atoms with Crippen molar-refractivity contribution in [2.75, 3.05) is 0 Å². The monoisotopic (exact) mass is 716 g/mol. The van der Waals surface area contributed by atoms with Crippen LogP contribution in [0, 0.1) is 0 Å². The Hall–Kier alpha value is -7.56. The van der Waals surface area contributed by atoms with E-state index in [0.717, 1.165) is 105 Å². The first-order valence-corrected chi connectivity index (χ1v) is 18.8. The number of fused-ring (bicyclic) bond motifs is 6. The molecule has 0 aliphatic carbocycles. The van der Waals surface area contributed by atoms with Gasteiger partial charge in [-0.15, -0.1) is 0 Å². The summed E-state index contributed by atoms with van der Waals surface area (Å²) < 4.78 is 12.6. The van der Waals surface area contributed by atoms with Crippen molar-refractivity contribution < 1.29 is 8.83 Å². The molecule has 0 aliphatic rings. The highest BCUT2D eigenvalue weighted by Crippen LogP contribution is 2.43. The maximum atomic E-state index is 6.35. The van der Waals surface area contributed by atoms with Gasteiger partial charge in [-0.1, -0.05) is 140 Å². The maximum absolute atomic E-state index is 6.35. The molecule has 0 spiro atoms. The fourth-order valence-corrected chi connectivity index (χ4v) is 8.04. The minimum Gasteiger partial charge on any atom is -0.456 e. The Morgan fingerprint density at radius 2 is 0.839 bits per heavy atom. The number of nitrogens with zero attached hydrogens (tertiary/aromatic N) is 2. The van der Waals surface area contributed by atoms with E-state index in [1.54, 1.807) is 0 Å². The number of benzene rings is 8. The Morgan fingerprint density at radius 3 is 1.64 bits per heavy atom. The van der Waals surface area contributed by atoms with Gasteiger partial charge in [-0.25, -0.2) is 9.97 Å². The third-order valence-electron chi connectivity index (χ3n) is 10.7. The molecule has 3 heterocycles. The van der Waals surface area contributed by atoms with Gasteiger partial charge < -0.3 is 8.83 Å². The van der Waals surface area contributed by atoms with E-state index in [4.69, 9.17) is 18.8 Å². The second-order valence-electron chi connectivity index (χ2n) is 14.1. The molecular formula is C52H32N2O2. The average molecular weight is 717 g/mol. The first-order chi connectivity index (χ1) is 27.7. The fourth-order valence-electron chi connectivity index (χ4n) is 8.04. The molecule has 0 radical (unpaired) electrons. The third kappa shape index (κ3) is 5.47. The van der Waals surface area contributed by atoms with E-state index in [1.165, 1.54) is 0 Å². The zero-order valence-electron chi connectivity index (χ0n) is 30.2. The van der Waals surface area contributed by atoms with Gasteiger partial charge in [0.25, 0.3) is 0 Å². The van der Waals surface area contributed by atoms with Crippen LogP contribution < -0.4 is 0 Å². The van der Waals surface area contributed by atoms with Crippen LogP contribution in [0.3, 0.4) is 0 Å². The van der Waals surface area contributed by atoms with E-state index in [-0.39, 0.29) is 0 Å². The number of aromatic nitrogens is 2. The molecule has 0 unspecified atom stereocenters. The topological polar surface area (TPSA) is 52.1 Å². The van der Waals surface area contributed by atoms with E-state index < -0.39 is 0 Å². The summed E-state index contributed by atoms with van der Waals surface area (Å²) in [6.45, 7) is 0. The van der Waals surface area contributed by atoms with Crippen LogP contribution in [-0.4, -0.2) is 9.97 Å². The van der Waals surface area contributed by atoms with Gasteiger partial charge in [0.05, 0.1) is 11.4 Å². The van der Waals surface area contributed by atoms with Crippen LogP contribution in [0.5, 0.6) is 0 Å². The first kappa shape index (κ1) is 31.9. The minimum absolute atomic E-state index is 0.680. The van der Waals surface area contributed by atoms with Gasteiger partial charge in [-0.05, 0) is 88.0 Å². The van der Waals surface area contributed by atoms with Crippen molar-refractivity contribution >= 4 is 43.9 Å². The van der Waals surface area contributed by atoms with Gasteiger partial charge in [0.2, 0.25) is 0 Å². The highest BCUT2D eigenvalue weighted by atomic mass is 16.3. The Morgan fingerprint density at radius 1 is 0.286 bits per heavy atom. The largest absolute Gasteiger partial charge is 0.456 e. The average Bonchev–Trinajstić information content (AvgIpc) is 3.85. The van der Waals surface area contributed by atoms with Crippen molar-refractivity contribution in [2.45, 2.75) is 0 Å². The molecule has 0 atom stereocenters. The van der Waals surface area contributed by atoms with Gasteiger partial charge in [0, 0.05) is 38.2 Å². The molecule has 0 saturated carbocycles. The molecule has 11 rings (SSSR count). The van der Waals surface area contributed by atoms with Gasteiger partial charge in [0.15, 0.2) is 5.82 Å². The quantitative estimate of drug-likeness (QED) is 0.172. The summed E-state index contributed by atoms with van der Waals surface area (Å²) in [4.78, 5) is 10.4. The summed E-state index contributed by atoms with van der Waals surface area (Å²) in [6, 6.07) is 67.5. The smallest absolute Gasteiger partial charge is 0.160 e. The molecule has 11 aromatic rings. The lowest BCUT2D eigenvalue weighted by Crippen LogP contribution is -1.96. The fraction of sp³-hybridized carbons (Fsp3) is 0. The standard InChI is InChI=1S/C52H32N2O2/c1-3-14-33(15-4-1)45-32-46(54-52(53-45)34-16-5-2-6-17-34)38-29-36(35-26-27-49-44(31-35)41-20-9-11-23-47(41)55-49)28-37(30-38)39-18-7-8-19-40(39)42-22-13-25-50-51(42)43-21-10-12-24-48(43)56-50/h1-32H. The Bertz CT molecular complexity index is 3190. The summed E-state index contributed by atoms with van der Waals surface area (Å²) in [5.74, 6) is 0.680. The predicted octanol–water partition coefficient (Wildman–Crippen LogP) is 14.3. The van der Waals surface area contributed by atoms with Gasteiger partial charge in [-0.3, -0.25) is 0 Å². The lowest BCUT2D eigenvalue weighted by molar-refractivity contribution is 0.668. The lowest BCUT2D eigenvalue weighted by atomic mass is 9.89. The molecule has 3 aromatic heterocycles. The summed E-state index contributed by atoms with van der Waals surface area (Å²) >= 11 is 0. The van der Waals surface area contributed by atoms with E-state index in [9.17, 15) is 0 Å². The van der Waals surface area contributed by atoms with Gasteiger partial charge in [0.1, 0.15) is 22.3 Å². The maximum Gasteiger partial charge on any atom is 0.160 e. The summed E-state index contributed by atoms with van der Waals surface area (Å²) in [5, 5.41) is 4.40. The normalized spacial score (nSPS) is 11.6. The van der Waals surface area contributed by atoms with Gasteiger partial charge in [-0.2, -0.15) is 0 Å². The van der Waals surface area contributed by atoms with E-state index in [2.05, 4.69) is 146 Å².